The Hall–Kier alpha value is -2.63. The van der Waals surface area contributed by atoms with E-state index in [1.165, 1.54) is 122 Å². The Kier molecular flexibility index (Phi) is 48.8. The summed E-state index contributed by atoms with van der Waals surface area (Å²) in [4.78, 5) is 38.0. The van der Waals surface area contributed by atoms with E-state index in [9.17, 15) is 14.4 Å². The molecule has 1 unspecified atom stereocenters. The highest BCUT2D eigenvalue weighted by Crippen LogP contribution is 2.16. The molecule has 0 radical (unpaired) electrons. The van der Waals surface area contributed by atoms with Crippen molar-refractivity contribution in [2.75, 3.05) is 13.2 Å². The molecule has 0 N–H and O–H groups in total. The van der Waals surface area contributed by atoms with Crippen LogP contribution in [0.2, 0.25) is 0 Å². The van der Waals surface area contributed by atoms with Gasteiger partial charge in [-0.05, 0) is 70.6 Å². The number of unbranched alkanes of at least 4 members (excludes halogenated alkanes) is 29. The van der Waals surface area contributed by atoms with Gasteiger partial charge in [0.2, 0.25) is 0 Å². The number of allylic oxidation sites excluding steroid dienone is 8. The van der Waals surface area contributed by atoms with Crippen LogP contribution < -0.4 is 0 Å². The molecule has 0 heterocycles. The van der Waals surface area contributed by atoms with Crippen molar-refractivity contribution < 1.29 is 28.6 Å². The average Bonchev–Trinajstić information content (AvgIpc) is 3.27. The van der Waals surface area contributed by atoms with Gasteiger partial charge in [-0.25, -0.2) is 0 Å². The molecular formula is C56H100O6. The molecule has 0 saturated heterocycles. The van der Waals surface area contributed by atoms with Crippen LogP contribution in [0.4, 0.5) is 0 Å². The van der Waals surface area contributed by atoms with Gasteiger partial charge in [-0.1, -0.05) is 230 Å². The first-order chi connectivity index (χ1) is 30.5. The smallest absolute Gasteiger partial charge is 0.306 e. The fourth-order valence-corrected chi connectivity index (χ4v) is 7.50. The summed E-state index contributed by atoms with van der Waals surface area (Å²) in [5.41, 5.74) is 0. The fourth-order valence-electron chi connectivity index (χ4n) is 7.50. The van der Waals surface area contributed by atoms with Gasteiger partial charge < -0.3 is 14.2 Å². The van der Waals surface area contributed by atoms with E-state index < -0.39 is 6.10 Å². The quantitative estimate of drug-likeness (QED) is 0.0262. The zero-order valence-electron chi connectivity index (χ0n) is 41.1. The number of ether oxygens (including phenoxy) is 3. The number of hydrogen-bond acceptors (Lipinski definition) is 6. The number of hydrogen-bond donors (Lipinski definition) is 0. The predicted molar refractivity (Wildman–Crippen MR) is 265 cm³/mol. The molecule has 6 heteroatoms. The fraction of sp³-hybridized carbons (Fsp3) is 0.804. The molecule has 0 bridgehead atoms. The average molecular weight is 869 g/mol. The van der Waals surface area contributed by atoms with Crippen LogP contribution in [0, 0.1) is 0 Å². The van der Waals surface area contributed by atoms with E-state index in [1.54, 1.807) is 0 Å². The zero-order valence-corrected chi connectivity index (χ0v) is 41.1. The molecule has 0 fully saturated rings. The van der Waals surface area contributed by atoms with E-state index in [-0.39, 0.29) is 31.1 Å². The Labute approximate surface area is 384 Å². The van der Waals surface area contributed by atoms with Crippen molar-refractivity contribution in [3.8, 4) is 0 Å². The Balaban J connectivity index is 4.37. The second-order valence-electron chi connectivity index (χ2n) is 17.8. The molecule has 62 heavy (non-hydrogen) atoms. The molecule has 0 aromatic heterocycles. The summed E-state index contributed by atoms with van der Waals surface area (Å²) in [5.74, 6) is -0.901. The van der Waals surface area contributed by atoms with Crippen LogP contribution in [0.25, 0.3) is 0 Å². The van der Waals surface area contributed by atoms with Crippen LogP contribution in [0.15, 0.2) is 48.6 Å². The van der Waals surface area contributed by atoms with Gasteiger partial charge in [0.05, 0.1) is 0 Å². The molecule has 0 aromatic carbocycles. The van der Waals surface area contributed by atoms with Gasteiger partial charge in [0.15, 0.2) is 6.10 Å². The maximum Gasteiger partial charge on any atom is 0.306 e. The van der Waals surface area contributed by atoms with Gasteiger partial charge in [-0.2, -0.15) is 0 Å². The molecule has 0 saturated carbocycles. The number of esters is 3. The SMILES string of the molecule is CCC/C=C\C/C=C\CCCCCCCC(=O)OCC(COC(=O)CCCCCCCCCCCCCCCCCCC)OC(=O)CCCCCCC/C=C\C/C=C\CCCC. The molecular weight excluding hydrogens is 769 g/mol. The highest BCUT2D eigenvalue weighted by atomic mass is 16.6. The lowest BCUT2D eigenvalue weighted by Gasteiger charge is -2.18. The van der Waals surface area contributed by atoms with E-state index in [0.29, 0.717) is 19.3 Å². The normalized spacial score (nSPS) is 12.4. The lowest BCUT2D eigenvalue weighted by atomic mass is 10.0. The molecule has 360 valence electrons. The minimum Gasteiger partial charge on any atom is -0.462 e. The van der Waals surface area contributed by atoms with E-state index in [2.05, 4.69) is 69.4 Å². The monoisotopic (exact) mass is 869 g/mol. The van der Waals surface area contributed by atoms with E-state index in [0.717, 1.165) is 109 Å². The van der Waals surface area contributed by atoms with Gasteiger partial charge in [-0.3, -0.25) is 14.4 Å². The van der Waals surface area contributed by atoms with E-state index in [1.807, 2.05) is 0 Å². The van der Waals surface area contributed by atoms with Crippen LogP contribution in [0.5, 0.6) is 0 Å². The van der Waals surface area contributed by atoms with Gasteiger partial charge in [-0.15, -0.1) is 0 Å². The molecule has 0 rings (SSSR count). The van der Waals surface area contributed by atoms with Gasteiger partial charge in [0.25, 0.3) is 0 Å². The van der Waals surface area contributed by atoms with Crippen LogP contribution >= 0.6 is 0 Å². The first-order valence-electron chi connectivity index (χ1n) is 26.6. The maximum absolute atomic E-state index is 12.8. The summed E-state index contributed by atoms with van der Waals surface area (Å²) in [6, 6.07) is 0. The molecule has 0 spiro atoms. The third-order valence-corrected chi connectivity index (χ3v) is 11.5. The summed E-state index contributed by atoms with van der Waals surface area (Å²) in [6.45, 7) is 6.53. The van der Waals surface area contributed by atoms with Crippen molar-refractivity contribution in [1.29, 1.82) is 0 Å². The predicted octanol–water partition coefficient (Wildman–Crippen LogP) is 17.5. The van der Waals surface area contributed by atoms with Gasteiger partial charge in [0, 0.05) is 19.3 Å². The van der Waals surface area contributed by atoms with Crippen molar-refractivity contribution >= 4 is 17.9 Å². The largest absolute Gasteiger partial charge is 0.462 e. The highest BCUT2D eigenvalue weighted by Gasteiger charge is 2.19. The Morgan fingerprint density at radius 2 is 0.629 bits per heavy atom. The first-order valence-corrected chi connectivity index (χ1v) is 26.6. The van der Waals surface area contributed by atoms with Crippen LogP contribution in [0.3, 0.4) is 0 Å². The third kappa shape index (κ3) is 48.4. The molecule has 6 nitrogen and oxygen atoms in total. The lowest BCUT2D eigenvalue weighted by Crippen LogP contribution is -2.30. The highest BCUT2D eigenvalue weighted by molar-refractivity contribution is 5.71. The standard InChI is InChI=1S/C56H100O6/c1-4-7-10-13-16-19-22-25-27-28-29-32-34-37-40-43-46-49-55(58)61-52-53(51-60-54(57)48-45-42-39-36-33-30-24-21-18-15-12-9-6-3)62-56(59)50-47-44-41-38-35-31-26-23-20-17-14-11-8-5-2/h12,14-15,17,21,23-24,26,53H,4-11,13,16,18-20,22,25,27-52H2,1-3H3/b15-12-,17-14-,24-21-,26-23-. The van der Waals surface area contributed by atoms with Crippen molar-refractivity contribution in [1.82, 2.24) is 0 Å². The Bertz CT molecular complexity index is 1090. The summed E-state index contributed by atoms with van der Waals surface area (Å²) in [5, 5.41) is 0. The van der Waals surface area contributed by atoms with Crippen LogP contribution in [-0.2, 0) is 28.6 Å². The Morgan fingerprint density at radius 3 is 1.00 bits per heavy atom. The number of carbonyl (C=O) groups is 3. The molecule has 0 aliphatic rings. The zero-order chi connectivity index (χ0) is 45.1. The lowest BCUT2D eigenvalue weighted by molar-refractivity contribution is -0.167. The van der Waals surface area contributed by atoms with Crippen molar-refractivity contribution in [2.45, 2.75) is 277 Å². The second kappa shape index (κ2) is 51.0. The molecule has 0 aliphatic heterocycles. The minimum absolute atomic E-state index is 0.0810. The molecule has 0 aliphatic carbocycles. The second-order valence-corrected chi connectivity index (χ2v) is 17.8. The van der Waals surface area contributed by atoms with Gasteiger partial charge >= 0.3 is 17.9 Å². The number of rotatable bonds is 48. The van der Waals surface area contributed by atoms with Gasteiger partial charge in [0.1, 0.15) is 13.2 Å². The third-order valence-electron chi connectivity index (χ3n) is 11.5. The van der Waals surface area contributed by atoms with E-state index >= 15 is 0 Å². The molecule has 0 aromatic rings. The van der Waals surface area contributed by atoms with Crippen molar-refractivity contribution in [3.63, 3.8) is 0 Å². The first kappa shape index (κ1) is 59.4. The van der Waals surface area contributed by atoms with E-state index in [4.69, 9.17) is 14.2 Å². The summed E-state index contributed by atoms with van der Waals surface area (Å²) < 4.78 is 16.8. The molecule has 1 atom stereocenters. The minimum atomic E-state index is -0.783. The van der Waals surface area contributed by atoms with Crippen molar-refractivity contribution in [3.05, 3.63) is 48.6 Å². The summed E-state index contributed by atoms with van der Waals surface area (Å²) >= 11 is 0. The van der Waals surface area contributed by atoms with Crippen molar-refractivity contribution in [2.24, 2.45) is 0 Å². The topological polar surface area (TPSA) is 78.9 Å². The molecule has 0 amide bonds. The summed E-state index contributed by atoms with van der Waals surface area (Å²) in [7, 11) is 0. The maximum atomic E-state index is 12.8. The summed E-state index contributed by atoms with van der Waals surface area (Å²) in [6.07, 6.45) is 60.9. The number of carbonyl (C=O) groups excluding carboxylic acids is 3. The van der Waals surface area contributed by atoms with Crippen LogP contribution in [-0.4, -0.2) is 37.2 Å². The Morgan fingerprint density at radius 1 is 0.323 bits per heavy atom. The van der Waals surface area contributed by atoms with Crippen LogP contribution in [0.1, 0.15) is 271 Å².